The molecule has 0 N–H and O–H groups in total. The van der Waals surface area contributed by atoms with Gasteiger partial charge in [0, 0.05) is 29.4 Å². The average molecular weight is 360 g/mol. The molecule has 0 radical (unpaired) electrons. The normalized spacial score (nSPS) is 13.0. The molecule has 3 aromatic rings. The van der Waals surface area contributed by atoms with E-state index < -0.39 is 0 Å². The largest absolute Gasteiger partial charge is 0.294 e. The Bertz CT molecular complexity index is 902. The summed E-state index contributed by atoms with van der Waals surface area (Å²) in [6, 6.07) is 24.3. The Labute approximate surface area is 158 Å². The fraction of sp³-hybridized carbons (Fsp3) is 0.167. The molecule has 2 atom stereocenters. The van der Waals surface area contributed by atoms with Crippen LogP contribution in [-0.4, -0.2) is 11.6 Å². The maximum absolute atomic E-state index is 13.1. The molecule has 0 spiro atoms. The van der Waals surface area contributed by atoms with Crippen LogP contribution in [-0.2, 0) is 0 Å². The molecule has 0 aliphatic carbocycles. The number of halogens is 1. The van der Waals surface area contributed by atoms with Crippen LogP contribution in [0.3, 0.4) is 0 Å². The van der Waals surface area contributed by atoms with Crippen molar-refractivity contribution in [2.24, 2.45) is 5.92 Å². The SMILES string of the molecule is C[C@@H](C(=O)c1ccccc1)[C@@H](CC(=O)c1ccc(F)cc1)c1ccccc1. The Morgan fingerprint density at radius 3 is 1.93 bits per heavy atom. The number of ketones is 2. The third-order valence-corrected chi connectivity index (χ3v) is 4.87. The van der Waals surface area contributed by atoms with E-state index in [4.69, 9.17) is 0 Å². The summed E-state index contributed by atoms with van der Waals surface area (Å²) in [4.78, 5) is 25.7. The van der Waals surface area contributed by atoms with Crippen molar-refractivity contribution in [3.63, 3.8) is 0 Å². The van der Waals surface area contributed by atoms with Crippen LogP contribution >= 0.6 is 0 Å². The standard InChI is InChI=1S/C24H21FO2/c1-17(24(27)20-10-6-3-7-11-20)22(18-8-4-2-5-9-18)16-23(26)19-12-14-21(25)15-13-19/h2-15,17,22H,16H2,1H3/t17-,22-/m1/s1. The van der Waals surface area contributed by atoms with Gasteiger partial charge in [0.15, 0.2) is 11.6 Å². The Balaban J connectivity index is 1.88. The highest BCUT2D eigenvalue weighted by atomic mass is 19.1. The summed E-state index contributed by atoms with van der Waals surface area (Å²) in [5.41, 5.74) is 2.04. The zero-order valence-corrected chi connectivity index (χ0v) is 15.1. The Morgan fingerprint density at radius 1 is 0.778 bits per heavy atom. The highest BCUT2D eigenvalue weighted by Gasteiger charge is 2.28. The minimum atomic E-state index is -0.376. The minimum absolute atomic E-state index is 0.0105. The molecule has 0 unspecified atom stereocenters. The fourth-order valence-corrected chi connectivity index (χ4v) is 3.28. The lowest BCUT2D eigenvalue weighted by atomic mass is 9.79. The Hall–Kier alpha value is -3.07. The molecule has 0 aromatic heterocycles. The van der Waals surface area contributed by atoms with Gasteiger partial charge in [-0.05, 0) is 29.8 Å². The number of carbonyl (C=O) groups is 2. The van der Waals surface area contributed by atoms with E-state index in [9.17, 15) is 14.0 Å². The lowest BCUT2D eigenvalue weighted by Gasteiger charge is -2.23. The van der Waals surface area contributed by atoms with Gasteiger partial charge in [-0.15, -0.1) is 0 Å². The highest BCUT2D eigenvalue weighted by molar-refractivity contribution is 6.00. The summed E-state index contributed by atoms with van der Waals surface area (Å²) in [5, 5.41) is 0. The van der Waals surface area contributed by atoms with Gasteiger partial charge in [-0.1, -0.05) is 67.6 Å². The molecule has 0 bridgehead atoms. The molecule has 0 fully saturated rings. The third kappa shape index (κ3) is 4.56. The van der Waals surface area contributed by atoms with Crippen LogP contribution in [0.4, 0.5) is 4.39 Å². The smallest absolute Gasteiger partial charge is 0.166 e. The van der Waals surface area contributed by atoms with E-state index in [-0.39, 0.29) is 35.6 Å². The van der Waals surface area contributed by atoms with E-state index in [0.29, 0.717) is 11.1 Å². The molecule has 3 aromatic carbocycles. The molecular weight excluding hydrogens is 339 g/mol. The second-order valence-electron chi connectivity index (χ2n) is 6.67. The minimum Gasteiger partial charge on any atom is -0.294 e. The van der Waals surface area contributed by atoms with Crippen LogP contribution in [0.25, 0.3) is 0 Å². The first-order chi connectivity index (χ1) is 13.1. The first kappa shape index (κ1) is 18.7. The topological polar surface area (TPSA) is 34.1 Å². The van der Waals surface area contributed by atoms with Crippen molar-refractivity contribution >= 4 is 11.6 Å². The Kier molecular flexibility index (Phi) is 5.92. The first-order valence-electron chi connectivity index (χ1n) is 8.99. The van der Waals surface area contributed by atoms with E-state index in [1.807, 2.05) is 55.5 Å². The summed E-state index contributed by atoms with van der Waals surface area (Å²) in [6.07, 6.45) is 0.190. The number of hydrogen-bond acceptors (Lipinski definition) is 2. The van der Waals surface area contributed by atoms with Crippen molar-refractivity contribution in [1.82, 2.24) is 0 Å². The van der Waals surface area contributed by atoms with Gasteiger partial charge in [-0.2, -0.15) is 0 Å². The van der Waals surface area contributed by atoms with Gasteiger partial charge in [0.05, 0.1) is 0 Å². The lowest BCUT2D eigenvalue weighted by Crippen LogP contribution is -2.22. The van der Waals surface area contributed by atoms with Gasteiger partial charge in [0.1, 0.15) is 5.82 Å². The maximum Gasteiger partial charge on any atom is 0.166 e. The van der Waals surface area contributed by atoms with E-state index in [0.717, 1.165) is 5.56 Å². The van der Waals surface area contributed by atoms with Crippen molar-refractivity contribution < 1.29 is 14.0 Å². The molecule has 27 heavy (non-hydrogen) atoms. The predicted molar refractivity (Wildman–Crippen MR) is 104 cm³/mol. The van der Waals surface area contributed by atoms with Gasteiger partial charge in [0.2, 0.25) is 0 Å². The van der Waals surface area contributed by atoms with Crippen molar-refractivity contribution in [2.75, 3.05) is 0 Å². The van der Waals surface area contributed by atoms with Crippen molar-refractivity contribution in [2.45, 2.75) is 19.3 Å². The van der Waals surface area contributed by atoms with Crippen LogP contribution in [0.5, 0.6) is 0 Å². The van der Waals surface area contributed by atoms with Crippen LogP contribution < -0.4 is 0 Å². The summed E-state index contributed by atoms with van der Waals surface area (Å²) in [5.74, 6) is -1.08. The van der Waals surface area contributed by atoms with Crippen molar-refractivity contribution in [1.29, 1.82) is 0 Å². The van der Waals surface area contributed by atoms with Gasteiger partial charge < -0.3 is 0 Å². The second-order valence-corrected chi connectivity index (χ2v) is 6.67. The second kappa shape index (κ2) is 8.54. The molecule has 0 aliphatic rings. The van der Waals surface area contributed by atoms with Crippen LogP contribution in [0, 0.1) is 11.7 Å². The van der Waals surface area contributed by atoms with Crippen molar-refractivity contribution in [3.8, 4) is 0 Å². The summed E-state index contributed by atoms with van der Waals surface area (Å²) < 4.78 is 13.1. The number of carbonyl (C=O) groups excluding carboxylic acids is 2. The zero-order chi connectivity index (χ0) is 19.2. The molecule has 0 amide bonds. The van der Waals surface area contributed by atoms with E-state index in [2.05, 4.69) is 0 Å². The molecule has 136 valence electrons. The lowest BCUT2D eigenvalue weighted by molar-refractivity contribution is 0.0888. The van der Waals surface area contributed by atoms with Gasteiger partial charge >= 0.3 is 0 Å². The Morgan fingerprint density at radius 2 is 1.33 bits per heavy atom. The summed E-state index contributed by atoms with van der Waals surface area (Å²) >= 11 is 0. The van der Waals surface area contributed by atoms with Crippen LogP contribution in [0.15, 0.2) is 84.9 Å². The number of benzene rings is 3. The average Bonchev–Trinajstić information content (AvgIpc) is 2.72. The monoisotopic (exact) mass is 360 g/mol. The fourth-order valence-electron chi connectivity index (χ4n) is 3.28. The molecule has 3 heteroatoms. The van der Waals surface area contributed by atoms with E-state index in [1.54, 1.807) is 12.1 Å². The van der Waals surface area contributed by atoms with Crippen LogP contribution in [0.2, 0.25) is 0 Å². The molecule has 0 aliphatic heterocycles. The van der Waals surface area contributed by atoms with Crippen molar-refractivity contribution in [3.05, 3.63) is 107 Å². The highest BCUT2D eigenvalue weighted by Crippen LogP contribution is 2.32. The first-order valence-corrected chi connectivity index (χ1v) is 8.99. The molecule has 0 saturated heterocycles. The quantitative estimate of drug-likeness (QED) is 0.506. The molecule has 3 rings (SSSR count). The van der Waals surface area contributed by atoms with Gasteiger partial charge in [-0.25, -0.2) is 4.39 Å². The maximum atomic E-state index is 13.1. The summed E-state index contributed by atoms with van der Waals surface area (Å²) in [6.45, 7) is 1.87. The van der Waals surface area contributed by atoms with Gasteiger partial charge in [0.25, 0.3) is 0 Å². The number of rotatable bonds is 7. The van der Waals surface area contributed by atoms with Crippen LogP contribution in [0.1, 0.15) is 45.5 Å². The predicted octanol–water partition coefficient (Wildman–Crippen LogP) is 5.70. The van der Waals surface area contributed by atoms with E-state index in [1.165, 1.54) is 24.3 Å². The van der Waals surface area contributed by atoms with E-state index >= 15 is 0 Å². The summed E-state index contributed by atoms with van der Waals surface area (Å²) in [7, 11) is 0. The zero-order valence-electron chi connectivity index (χ0n) is 15.1. The molecule has 0 heterocycles. The number of Topliss-reactive ketones (excluding diaryl/α,β-unsaturated/α-hetero) is 2. The number of hydrogen-bond donors (Lipinski definition) is 0. The molecule has 0 saturated carbocycles. The van der Waals surface area contributed by atoms with Gasteiger partial charge in [-0.3, -0.25) is 9.59 Å². The molecular formula is C24H21FO2. The molecule has 2 nitrogen and oxygen atoms in total. The third-order valence-electron chi connectivity index (χ3n) is 4.87.